The van der Waals surface area contributed by atoms with E-state index in [0.717, 1.165) is 30.5 Å². The van der Waals surface area contributed by atoms with Gasteiger partial charge in [0.15, 0.2) is 5.82 Å². The van der Waals surface area contributed by atoms with Crippen LogP contribution in [-0.4, -0.2) is 37.2 Å². The molecule has 0 radical (unpaired) electrons. The van der Waals surface area contributed by atoms with Crippen molar-refractivity contribution in [2.45, 2.75) is 37.8 Å². The van der Waals surface area contributed by atoms with Crippen LogP contribution in [0.25, 0.3) is 11.4 Å². The first-order chi connectivity index (χ1) is 13.3. The summed E-state index contributed by atoms with van der Waals surface area (Å²) in [5.41, 5.74) is 1.78. The molecular weight excluding hydrogens is 340 g/mol. The van der Waals surface area contributed by atoms with Crippen LogP contribution < -0.4 is 10.6 Å². The molecule has 1 fully saturated rings. The third kappa shape index (κ3) is 4.57. The third-order valence-electron chi connectivity index (χ3n) is 4.58. The van der Waals surface area contributed by atoms with Crippen LogP contribution in [0.4, 0.5) is 17.6 Å². The normalized spacial score (nSPS) is 19.4. The Kier molecular flexibility index (Phi) is 5.20. The average molecular weight is 362 g/mol. The van der Waals surface area contributed by atoms with Gasteiger partial charge in [0.1, 0.15) is 0 Å². The second-order valence-corrected chi connectivity index (χ2v) is 6.69. The third-order valence-corrected chi connectivity index (χ3v) is 4.58. The lowest BCUT2D eigenvalue weighted by Crippen LogP contribution is -2.30. The monoisotopic (exact) mass is 362 g/mol. The van der Waals surface area contributed by atoms with Crippen LogP contribution in [0, 0.1) is 0 Å². The first-order valence-electron chi connectivity index (χ1n) is 9.19. The molecule has 1 aliphatic carbocycles. The summed E-state index contributed by atoms with van der Waals surface area (Å²) in [6, 6.07) is 13.7. The van der Waals surface area contributed by atoms with Crippen molar-refractivity contribution in [1.29, 1.82) is 0 Å². The van der Waals surface area contributed by atoms with Crippen molar-refractivity contribution in [2.24, 2.45) is 0 Å². The molecule has 7 heteroatoms. The summed E-state index contributed by atoms with van der Waals surface area (Å²) >= 11 is 0. The van der Waals surface area contributed by atoms with Gasteiger partial charge in [-0.15, -0.1) is 0 Å². The van der Waals surface area contributed by atoms with E-state index in [4.69, 9.17) is 0 Å². The number of aromatic nitrogens is 4. The lowest BCUT2D eigenvalue weighted by atomic mass is 9.93. The maximum atomic E-state index is 9.93. The van der Waals surface area contributed by atoms with Crippen molar-refractivity contribution in [3.05, 3.63) is 54.9 Å². The van der Waals surface area contributed by atoms with Gasteiger partial charge >= 0.3 is 0 Å². The Hall–Kier alpha value is -3.06. The van der Waals surface area contributed by atoms with Crippen LogP contribution in [0.3, 0.4) is 0 Å². The van der Waals surface area contributed by atoms with E-state index in [9.17, 15) is 5.11 Å². The summed E-state index contributed by atoms with van der Waals surface area (Å²) in [4.78, 5) is 17.7. The zero-order valence-electron chi connectivity index (χ0n) is 14.9. The van der Waals surface area contributed by atoms with E-state index in [1.807, 2.05) is 42.5 Å². The SMILES string of the molecule is OC1CCCC(Nc2nc(Nc3ccncc3)nc(-c3ccccc3)n2)C1. The summed E-state index contributed by atoms with van der Waals surface area (Å²) in [6.07, 6.45) is 6.72. The Labute approximate surface area is 158 Å². The van der Waals surface area contributed by atoms with Crippen molar-refractivity contribution in [3.8, 4) is 11.4 Å². The molecule has 0 saturated heterocycles. The summed E-state index contributed by atoms with van der Waals surface area (Å²) in [7, 11) is 0. The number of benzene rings is 1. The minimum Gasteiger partial charge on any atom is -0.393 e. The Bertz CT molecular complexity index is 874. The molecule has 3 N–H and O–H groups in total. The second-order valence-electron chi connectivity index (χ2n) is 6.69. The zero-order chi connectivity index (χ0) is 18.5. The van der Waals surface area contributed by atoms with Gasteiger partial charge in [-0.05, 0) is 37.8 Å². The van der Waals surface area contributed by atoms with Gasteiger partial charge in [-0.25, -0.2) is 0 Å². The van der Waals surface area contributed by atoms with Gasteiger partial charge in [0.25, 0.3) is 0 Å². The fourth-order valence-corrected chi connectivity index (χ4v) is 3.25. The number of anilines is 3. The number of hydrogen-bond acceptors (Lipinski definition) is 7. The molecule has 1 aliphatic rings. The van der Waals surface area contributed by atoms with Gasteiger partial charge in [0.05, 0.1) is 6.10 Å². The lowest BCUT2D eigenvalue weighted by Gasteiger charge is -2.26. The summed E-state index contributed by atoms with van der Waals surface area (Å²) in [5, 5.41) is 16.5. The smallest absolute Gasteiger partial charge is 0.232 e. The number of nitrogens with one attached hydrogen (secondary N) is 2. The number of nitrogens with zero attached hydrogens (tertiary/aromatic N) is 4. The predicted molar refractivity (Wildman–Crippen MR) is 105 cm³/mol. The quantitative estimate of drug-likeness (QED) is 0.640. The lowest BCUT2D eigenvalue weighted by molar-refractivity contribution is 0.124. The first kappa shape index (κ1) is 17.4. The number of rotatable bonds is 5. The molecule has 0 bridgehead atoms. The molecule has 2 unspecified atom stereocenters. The fourth-order valence-electron chi connectivity index (χ4n) is 3.25. The molecule has 7 nitrogen and oxygen atoms in total. The van der Waals surface area contributed by atoms with E-state index in [-0.39, 0.29) is 12.1 Å². The highest BCUT2D eigenvalue weighted by Crippen LogP contribution is 2.24. The number of aliphatic hydroxyl groups excluding tert-OH is 1. The van der Waals surface area contributed by atoms with E-state index in [2.05, 4.69) is 30.6 Å². The highest BCUT2D eigenvalue weighted by atomic mass is 16.3. The Morgan fingerprint density at radius 3 is 2.44 bits per heavy atom. The standard InChI is InChI=1S/C20H22N6O/c27-17-8-4-7-16(13-17)23-20-25-18(14-5-2-1-3-6-14)24-19(26-20)22-15-9-11-21-12-10-15/h1-3,5-6,9-12,16-17,27H,4,7-8,13H2,(H2,21,22,23,24,25,26). The highest BCUT2D eigenvalue weighted by Gasteiger charge is 2.21. The molecule has 0 spiro atoms. The minimum atomic E-state index is -0.263. The molecule has 3 aromatic rings. The van der Waals surface area contributed by atoms with Crippen LogP contribution in [-0.2, 0) is 0 Å². The molecule has 27 heavy (non-hydrogen) atoms. The van der Waals surface area contributed by atoms with E-state index in [1.165, 1.54) is 0 Å². The topological polar surface area (TPSA) is 95.8 Å². The van der Waals surface area contributed by atoms with Crippen LogP contribution in [0.2, 0.25) is 0 Å². The number of pyridine rings is 1. The second kappa shape index (κ2) is 8.09. The van der Waals surface area contributed by atoms with Gasteiger partial charge in [0, 0.05) is 29.7 Å². The summed E-state index contributed by atoms with van der Waals surface area (Å²) in [5.74, 6) is 1.58. The number of aliphatic hydroxyl groups is 1. The van der Waals surface area contributed by atoms with Crippen LogP contribution in [0.15, 0.2) is 54.9 Å². The molecule has 2 atom stereocenters. The Morgan fingerprint density at radius 2 is 1.67 bits per heavy atom. The molecule has 0 amide bonds. The summed E-state index contributed by atoms with van der Waals surface area (Å²) in [6.45, 7) is 0. The van der Waals surface area contributed by atoms with Gasteiger partial charge in [-0.2, -0.15) is 15.0 Å². The van der Waals surface area contributed by atoms with Gasteiger partial charge in [-0.1, -0.05) is 30.3 Å². The van der Waals surface area contributed by atoms with E-state index < -0.39 is 0 Å². The van der Waals surface area contributed by atoms with E-state index in [0.29, 0.717) is 24.1 Å². The molecule has 1 saturated carbocycles. The zero-order valence-corrected chi connectivity index (χ0v) is 14.9. The summed E-state index contributed by atoms with van der Waals surface area (Å²) < 4.78 is 0. The molecule has 2 heterocycles. The fraction of sp³-hybridized carbons (Fsp3) is 0.300. The molecular formula is C20H22N6O. The average Bonchev–Trinajstić information content (AvgIpc) is 2.69. The number of hydrogen-bond donors (Lipinski definition) is 3. The van der Waals surface area contributed by atoms with Crippen molar-refractivity contribution in [3.63, 3.8) is 0 Å². The van der Waals surface area contributed by atoms with Crippen molar-refractivity contribution >= 4 is 17.6 Å². The van der Waals surface area contributed by atoms with Crippen LogP contribution in [0.5, 0.6) is 0 Å². The van der Waals surface area contributed by atoms with E-state index >= 15 is 0 Å². The van der Waals surface area contributed by atoms with E-state index in [1.54, 1.807) is 12.4 Å². The van der Waals surface area contributed by atoms with Gasteiger partial charge in [0.2, 0.25) is 11.9 Å². The van der Waals surface area contributed by atoms with Crippen molar-refractivity contribution < 1.29 is 5.11 Å². The largest absolute Gasteiger partial charge is 0.393 e. The molecule has 0 aliphatic heterocycles. The van der Waals surface area contributed by atoms with Gasteiger partial charge in [-0.3, -0.25) is 4.98 Å². The first-order valence-corrected chi connectivity index (χ1v) is 9.19. The molecule has 2 aromatic heterocycles. The maximum absolute atomic E-state index is 9.93. The molecule has 4 rings (SSSR count). The molecule has 138 valence electrons. The van der Waals surface area contributed by atoms with Crippen LogP contribution >= 0.6 is 0 Å². The maximum Gasteiger partial charge on any atom is 0.232 e. The Balaban J connectivity index is 1.63. The van der Waals surface area contributed by atoms with Crippen molar-refractivity contribution in [2.75, 3.05) is 10.6 Å². The van der Waals surface area contributed by atoms with Crippen LogP contribution in [0.1, 0.15) is 25.7 Å². The van der Waals surface area contributed by atoms with Gasteiger partial charge < -0.3 is 15.7 Å². The Morgan fingerprint density at radius 1 is 0.889 bits per heavy atom. The minimum absolute atomic E-state index is 0.161. The van der Waals surface area contributed by atoms with Crippen molar-refractivity contribution in [1.82, 2.24) is 19.9 Å². The molecule has 1 aromatic carbocycles. The highest BCUT2D eigenvalue weighted by molar-refractivity contribution is 5.60. The predicted octanol–water partition coefficient (Wildman–Crippen LogP) is 3.39.